The van der Waals surface area contributed by atoms with Crippen LogP contribution in [0.2, 0.25) is 0 Å². The molecule has 138 valence electrons. The van der Waals surface area contributed by atoms with Gasteiger partial charge in [0.15, 0.2) is 5.96 Å². The van der Waals surface area contributed by atoms with Gasteiger partial charge in [0.1, 0.15) is 0 Å². The highest BCUT2D eigenvalue weighted by Gasteiger charge is 2.26. The fraction of sp³-hybridized carbons (Fsp3) is 0.889. The molecule has 3 N–H and O–H groups in total. The molecular weight excluding hydrogens is 304 g/mol. The molecule has 0 aromatic carbocycles. The zero-order valence-electron chi connectivity index (χ0n) is 15.3. The van der Waals surface area contributed by atoms with E-state index in [-0.39, 0.29) is 6.10 Å². The number of hydrogen-bond acceptors (Lipinski definition) is 3. The van der Waals surface area contributed by atoms with E-state index in [1.807, 2.05) is 4.90 Å². The summed E-state index contributed by atoms with van der Waals surface area (Å²) in [4.78, 5) is 18.7. The average Bonchev–Trinajstić information content (AvgIpc) is 3.00. The van der Waals surface area contributed by atoms with Crippen molar-refractivity contribution in [3.05, 3.63) is 0 Å². The van der Waals surface area contributed by atoms with Crippen molar-refractivity contribution in [1.29, 1.82) is 0 Å². The van der Waals surface area contributed by atoms with Crippen LogP contribution >= 0.6 is 0 Å². The molecule has 0 aromatic rings. The fourth-order valence-electron chi connectivity index (χ4n) is 3.69. The third-order valence-electron chi connectivity index (χ3n) is 5.14. The summed E-state index contributed by atoms with van der Waals surface area (Å²) in [6.45, 7) is 6.69. The minimum Gasteiger partial charge on any atom is -0.393 e. The first-order valence-electron chi connectivity index (χ1n) is 9.66. The minimum absolute atomic E-state index is 0.133. The molecule has 6 nitrogen and oxygen atoms in total. The Morgan fingerprint density at radius 3 is 2.67 bits per heavy atom. The largest absolute Gasteiger partial charge is 0.393 e. The number of nitrogens with zero attached hydrogens (tertiary/aromatic N) is 2. The number of aliphatic imine (C=N–C) groups is 1. The van der Waals surface area contributed by atoms with Crippen molar-refractivity contribution in [2.45, 2.75) is 83.4 Å². The van der Waals surface area contributed by atoms with E-state index >= 15 is 0 Å². The van der Waals surface area contributed by atoms with Crippen LogP contribution in [-0.4, -0.2) is 59.7 Å². The van der Waals surface area contributed by atoms with Crippen molar-refractivity contribution in [2.24, 2.45) is 4.99 Å². The molecule has 1 amide bonds. The highest BCUT2D eigenvalue weighted by atomic mass is 16.3. The van der Waals surface area contributed by atoms with Crippen molar-refractivity contribution in [2.75, 3.05) is 19.6 Å². The maximum atomic E-state index is 11.9. The standard InChI is InChI=1S/C18H34N4O2/c1-3-15(22-13-5-6-17(22)24)11-12-20-18(19-4-2)21-14-7-9-16(23)10-8-14/h14-16,23H,3-13H2,1-2H3,(H2,19,20,21). The first-order valence-corrected chi connectivity index (χ1v) is 9.66. The molecule has 0 radical (unpaired) electrons. The van der Waals surface area contributed by atoms with Crippen LogP contribution in [0.1, 0.15) is 65.2 Å². The minimum atomic E-state index is -0.133. The van der Waals surface area contributed by atoms with Crippen LogP contribution in [0.4, 0.5) is 0 Å². The molecule has 0 aromatic heterocycles. The number of likely N-dealkylation sites (tertiary alicyclic amines) is 1. The number of carbonyl (C=O) groups is 1. The van der Waals surface area contributed by atoms with E-state index in [2.05, 4.69) is 24.5 Å². The van der Waals surface area contributed by atoms with Gasteiger partial charge in [-0.3, -0.25) is 9.79 Å². The third-order valence-corrected chi connectivity index (χ3v) is 5.14. The zero-order valence-corrected chi connectivity index (χ0v) is 15.3. The van der Waals surface area contributed by atoms with Gasteiger partial charge in [0, 0.05) is 38.1 Å². The maximum Gasteiger partial charge on any atom is 0.222 e. The summed E-state index contributed by atoms with van der Waals surface area (Å²) in [6, 6.07) is 0.713. The van der Waals surface area contributed by atoms with E-state index in [1.54, 1.807) is 0 Å². The Morgan fingerprint density at radius 1 is 1.33 bits per heavy atom. The molecule has 1 unspecified atom stereocenters. The number of rotatable bonds is 7. The summed E-state index contributed by atoms with van der Waals surface area (Å²) in [5, 5.41) is 16.4. The lowest BCUT2D eigenvalue weighted by molar-refractivity contribution is -0.129. The number of aliphatic hydroxyl groups excluding tert-OH is 1. The summed E-state index contributed by atoms with van der Waals surface area (Å²) in [5.41, 5.74) is 0. The maximum absolute atomic E-state index is 11.9. The van der Waals surface area contributed by atoms with E-state index in [0.717, 1.165) is 70.5 Å². The van der Waals surface area contributed by atoms with Crippen LogP contribution in [-0.2, 0) is 4.79 Å². The second-order valence-corrected chi connectivity index (χ2v) is 6.95. The second-order valence-electron chi connectivity index (χ2n) is 6.95. The molecule has 2 rings (SSSR count). The lowest BCUT2D eigenvalue weighted by Crippen LogP contribution is -2.45. The van der Waals surface area contributed by atoms with Crippen LogP contribution < -0.4 is 10.6 Å². The Balaban J connectivity index is 1.82. The summed E-state index contributed by atoms with van der Waals surface area (Å²) in [6.07, 6.45) is 7.20. The highest BCUT2D eigenvalue weighted by molar-refractivity contribution is 5.80. The lowest BCUT2D eigenvalue weighted by Gasteiger charge is -2.28. The Morgan fingerprint density at radius 2 is 2.08 bits per heavy atom. The Hall–Kier alpha value is -1.30. The first-order chi connectivity index (χ1) is 11.6. The monoisotopic (exact) mass is 338 g/mol. The smallest absolute Gasteiger partial charge is 0.222 e. The molecule has 1 heterocycles. The number of nitrogens with one attached hydrogen (secondary N) is 2. The number of amides is 1. The van der Waals surface area contributed by atoms with Crippen LogP contribution in [0, 0.1) is 0 Å². The van der Waals surface area contributed by atoms with Gasteiger partial charge in [0.2, 0.25) is 5.91 Å². The van der Waals surface area contributed by atoms with Crippen molar-refractivity contribution in [3.8, 4) is 0 Å². The Bertz CT molecular complexity index is 419. The number of guanidine groups is 1. The topological polar surface area (TPSA) is 77.0 Å². The molecule has 6 heteroatoms. The molecule has 24 heavy (non-hydrogen) atoms. The number of aliphatic hydroxyl groups is 1. The van der Waals surface area contributed by atoms with E-state index in [9.17, 15) is 9.90 Å². The molecule has 0 bridgehead atoms. The van der Waals surface area contributed by atoms with Crippen LogP contribution in [0.15, 0.2) is 4.99 Å². The molecule has 1 aliphatic carbocycles. The van der Waals surface area contributed by atoms with Gasteiger partial charge in [-0.2, -0.15) is 0 Å². The predicted octanol–water partition coefficient (Wildman–Crippen LogP) is 1.64. The number of carbonyl (C=O) groups excluding carboxylic acids is 1. The SMILES string of the molecule is CCNC(=NCCC(CC)N1CCCC1=O)NC1CCC(O)CC1. The van der Waals surface area contributed by atoms with Crippen molar-refractivity contribution < 1.29 is 9.90 Å². The first kappa shape index (κ1) is 19.0. The lowest BCUT2D eigenvalue weighted by atomic mass is 9.93. The van der Waals surface area contributed by atoms with Crippen LogP contribution in [0.25, 0.3) is 0 Å². The summed E-state index contributed by atoms with van der Waals surface area (Å²) < 4.78 is 0. The van der Waals surface area contributed by atoms with E-state index in [1.165, 1.54) is 0 Å². The summed E-state index contributed by atoms with van der Waals surface area (Å²) in [7, 11) is 0. The molecule has 1 saturated carbocycles. The van der Waals surface area contributed by atoms with Gasteiger partial charge in [0.25, 0.3) is 0 Å². The summed E-state index contributed by atoms with van der Waals surface area (Å²) in [5.74, 6) is 1.16. The molecule has 1 aliphatic heterocycles. The zero-order chi connectivity index (χ0) is 17.4. The van der Waals surface area contributed by atoms with Crippen molar-refractivity contribution in [1.82, 2.24) is 15.5 Å². The third kappa shape index (κ3) is 5.65. The fourth-order valence-corrected chi connectivity index (χ4v) is 3.69. The molecule has 0 spiro atoms. The van der Waals surface area contributed by atoms with E-state index in [0.29, 0.717) is 24.4 Å². The van der Waals surface area contributed by atoms with Gasteiger partial charge < -0.3 is 20.6 Å². The highest BCUT2D eigenvalue weighted by Crippen LogP contribution is 2.19. The quantitative estimate of drug-likeness (QED) is 0.487. The summed E-state index contributed by atoms with van der Waals surface area (Å²) >= 11 is 0. The van der Waals surface area contributed by atoms with Crippen molar-refractivity contribution in [3.63, 3.8) is 0 Å². The predicted molar refractivity (Wildman–Crippen MR) is 97.0 cm³/mol. The Kier molecular flexibility index (Phi) is 7.82. The van der Waals surface area contributed by atoms with Crippen LogP contribution in [0.5, 0.6) is 0 Å². The number of hydrogen-bond donors (Lipinski definition) is 3. The normalized spacial score (nSPS) is 26.5. The van der Waals surface area contributed by atoms with Gasteiger partial charge in [-0.1, -0.05) is 6.92 Å². The van der Waals surface area contributed by atoms with Crippen LogP contribution in [0.3, 0.4) is 0 Å². The molecular formula is C18H34N4O2. The average molecular weight is 338 g/mol. The van der Waals surface area contributed by atoms with E-state index < -0.39 is 0 Å². The van der Waals surface area contributed by atoms with Gasteiger partial charge in [-0.15, -0.1) is 0 Å². The molecule has 2 fully saturated rings. The Labute approximate surface area is 146 Å². The second kappa shape index (κ2) is 9.87. The molecule has 1 saturated heterocycles. The van der Waals surface area contributed by atoms with E-state index in [4.69, 9.17) is 4.99 Å². The van der Waals surface area contributed by atoms with Gasteiger partial charge in [-0.05, 0) is 51.9 Å². The van der Waals surface area contributed by atoms with Gasteiger partial charge in [0.05, 0.1) is 6.10 Å². The van der Waals surface area contributed by atoms with Gasteiger partial charge in [-0.25, -0.2) is 0 Å². The van der Waals surface area contributed by atoms with Gasteiger partial charge >= 0.3 is 0 Å². The van der Waals surface area contributed by atoms with Crippen molar-refractivity contribution >= 4 is 11.9 Å². The molecule has 1 atom stereocenters. The molecule has 2 aliphatic rings.